The molecule has 0 N–H and O–H groups in total. The number of halogens is 1. The van der Waals surface area contributed by atoms with Crippen LogP contribution in [0.4, 0.5) is 0 Å². The van der Waals surface area contributed by atoms with Crippen LogP contribution in [-0.4, -0.2) is 23.9 Å². The van der Waals surface area contributed by atoms with Crippen LogP contribution in [0, 0.1) is 0 Å². The van der Waals surface area contributed by atoms with Crippen LogP contribution >= 0.6 is 27.3 Å². The molecule has 1 aromatic rings. The van der Waals surface area contributed by atoms with Crippen molar-refractivity contribution in [3.8, 4) is 0 Å². The summed E-state index contributed by atoms with van der Waals surface area (Å²) >= 11 is 4.95. The number of amides is 1. The van der Waals surface area contributed by atoms with E-state index in [4.69, 9.17) is 0 Å². The largest absolute Gasteiger partial charge is 0.339 e. The molecule has 0 radical (unpaired) electrons. The zero-order chi connectivity index (χ0) is 9.26. The Kier molecular flexibility index (Phi) is 2.69. The van der Waals surface area contributed by atoms with E-state index in [1.165, 1.54) is 0 Å². The highest BCUT2D eigenvalue weighted by Gasteiger charge is 2.21. The molecule has 2 nitrogen and oxygen atoms in total. The Morgan fingerprint density at radius 3 is 2.69 bits per heavy atom. The third-order valence-corrected chi connectivity index (χ3v) is 3.93. The topological polar surface area (TPSA) is 20.3 Å². The second kappa shape index (κ2) is 3.80. The Morgan fingerprint density at radius 2 is 2.15 bits per heavy atom. The van der Waals surface area contributed by atoms with Gasteiger partial charge < -0.3 is 4.90 Å². The van der Waals surface area contributed by atoms with Gasteiger partial charge in [-0.3, -0.25) is 4.79 Å². The first-order valence-electron chi connectivity index (χ1n) is 4.31. The number of nitrogens with zero attached hydrogens (tertiary/aromatic N) is 1. The molecule has 0 atom stereocenters. The Morgan fingerprint density at radius 1 is 1.46 bits per heavy atom. The van der Waals surface area contributed by atoms with Crippen LogP contribution in [0.15, 0.2) is 15.2 Å². The van der Waals surface area contributed by atoms with Gasteiger partial charge in [-0.1, -0.05) is 0 Å². The molecule has 0 aliphatic carbocycles. The minimum atomic E-state index is 0.172. The zero-order valence-corrected chi connectivity index (χ0v) is 9.53. The number of carbonyl (C=O) groups excluding carboxylic acids is 1. The fourth-order valence-corrected chi connectivity index (χ4v) is 2.77. The molecule has 0 unspecified atom stereocenters. The van der Waals surface area contributed by atoms with Crippen molar-refractivity contribution in [3.05, 3.63) is 20.8 Å². The smallest absolute Gasteiger partial charge is 0.255 e. The lowest BCUT2D eigenvalue weighted by molar-refractivity contribution is 0.0792. The fourth-order valence-electron chi connectivity index (χ4n) is 1.54. The molecule has 13 heavy (non-hydrogen) atoms. The summed E-state index contributed by atoms with van der Waals surface area (Å²) in [4.78, 5) is 13.8. The minimum Gasteiger partial charge on any atom is -0.339 e. The summed E-state index contributed by atoms with van der Waals surface area (Å²) in [5.74, 6) is 0.172. The lowest BCUT2D eigenvalue weighted by Crippen LogP contribution is -2.27. The Hall–Kier alpha value is -0.350. The van der Waals surface area contributed by atoms with Crippen molar-refractivity contribution in [2.75, 3.05) is 13.1 Å². The Balaban J connectivity index is 2.17. The first-order chi connectivity index (χ1) is 6.29. The van der Waals surface area contributed by atoms with Crippen LogP contribution in [0.1, 0.15) is 23.2 Å². The monoisotopic (exact) mass is 259 g/mol. The molecule has 4 heteroatoms. The average Bonchev–Trinajstić information content (AvgIpc) is 2.72. The highest BCUT2D eigenvalue weighted by molar-refractivity contribution is 9.11. The van der Waals surface area contributed by atoms with E-state index in [1.54, 1.807) is 11.3 Å². The van der Waals surface area contributed by atoms with Crippen molar-refractivity contribution >= 4 is 33.2 Å². The number of likely N-dealkylation sites (tertiary alicyclic amines) is 1. The van der Waals surface area contributed by atoms with Crippen molar-refractivity contribution in [1.29, 1.82) is 0 Å². The van der Waals surface area contributed by atoms with Crippen molar-refractivity contribution in [2.24, 2.45) is 0 Å². The van der Waals surface area contributed by atoms with E-state index in [0.29, 0.717) is 0 Å². The van der Waals surface area contributed by atoms with Gasteiger partial charge >= 0.3 is 0 Å². The fraction of sp³-hybridized carbons (Fsp3) is 0.444. The van der Waals surface area contributed by atoms with Gasteiger partial charge in [0.05, 0.1) is 9.35 Å². The number of hydrogen-bond donors (Lipinski definition) is 0. The van der Waals surface area contributed by atoms with Crippen LogP contribution < -0.4 is 0 Å². The number of carbonyl (C=O) groups is 1. The van der Waals surface area contributed by atoms with E-state index in [2.05, 4.69) is 15.9 Å². The van der Waals surface area contributed by atoms with Gasteiger partial charge in [-0.15, -0.1) is 11.3 Å². The van der Waals surface area contributed by atoms with Gasteiger partial charge in [0, 0.05) is 13.1 Å². The summed E-state index contributed by atoms with van der Waals surface area (Å²) in [6, 6.07) is 1.88. The van der Waals surface area contributed by atoms with Gasteiger partial charge in [-0.05, 0) is 40.2 Å². The molecule has 0 saturated carbocycles. The number of rotatable bonds is 1. The standard InChI is InChI=1S/C9H10BrNOS/c10-8-7(3-6-13-8)9(12)11-4-1-2-5-11/h3,6H,1-2,4-5H2. The molecule has 2 rings (SSSR count). The van der Waals surface area contributed by atoms with Gasteiger partial charge in [0.1, 0.15) is 0 Å². The van der Waals surface area contributed by atoms with E-state index in [0.717, 1.165) is 35.3 Å². The average molecular weight is 260 g/mol. The van der Waals surface area contributed by atoms with Crippen molar-refractivity contribution in [2.45, 2.75) is 12.8 Å². The van der Waals surface area contributed by atoms with Gasteiger partial charge in [0.25, 0.3) is 5.91 Å². The molecule has 0 aromatic carbocycles. The van der Waals surface area contributed by atoms with E-state index >= 15 is 0 Å². The summed E-state index contributed by atoms with van der Waals surface area (Å²) in [7, 11) is 0. The molecule has 1 aliphatic rings. The Labute approximate surface area is 89.7 Å². The Bertz CT molecular complexity index is 317. The quantitative estimate of drug-likeness (QED) is 0.760. The van der Waals surface area contributed by atoms with Crippen LogP contribution in [0.25, 0.3) is 0 Å². The van der Waals surface area contributed by atoms with Gasteiger partial charge in [-0.25, -0.2) is 0 Å². The molecule has 1 amide bonds. The first kappa shape index (κ1) is 9.21. The molecular weight excluding hydrogens is 250 g/mol. The summed E-state index contributed by atoms with van der Waals surface area (Å²) in [6.07, 6.45) is 2.29. The first-order valence-corrected chi connectivity index (χ1v) is 5.98. The predicted octanol–water partition coefficient (Wildman–Crippen LogP) is 2.75. The summed E-state index contributed by atoms with van der Waals surface area (Å²) in [5, 5.41) is 1.94. The summed E-state index contributed by atoms with van der Waals surface area (Å²) in [6.45, 7) is 1.84. The van der Waals surface area contributed by atoms with Crippen LogP contribution in [0.5, 0.6) is 0 Å². The summed E-state index contributed by atoms with van der Waals surface area (Å²) < 4.78 is 0.949. The second-order valence-corrected chi connectivity index (χ2v) is 5.34. The van der Waals surface area contributed by atoms with Crippen molar-refractivity contribution < 1.29 is 4.79 Å². The molecule has 1 fully saturated rings. The highest BCUT2D eigenvalue weighted by atomic mass is 79.9. The highest BCUT2D eigenvalue weighted by Crippen LogP contribution is 2.25. The van der Waals surface area contributed by atoms with Crippen LogP contribution in [-0.2, 0) is 0 Å². The molecule has 0 spiro atoms. The molecule has 0 bridgehead atoms. The zero-order valence-electron chi connectivity index (χ0n) is 7.12. The van der Waals surface area contributed by atoms with Crippen molar-refractivity contribution in [1.82, 2.24) is 4.90 Å². The van der Waals surface area contributed by atoms with E-state index < -0.39 is 0 Å². The third kappa shape index (κ3) is 1.79. The normalized spacial score (nSPS) is 16.5. The maximum atomic E-state index is 11.8. The van der Waals surface area contributed by atoms with E-state index in [1.807, 2.05) is 16.3 Å². The second-order valence-electron chi connectivity index (χ2n) is 3.11. The lowest BCUT2D eigenvalue weighted by Gasteiger charge is -2.14. The molecular formula is C9H10BrNOS. The molecule has 1 aromatic heterocycles. The lowest BCUT2D eigenvalue weighted by atomic mass is 10.3. The SMILES string of the molecule is O=C(c1ccsc1Br)N1CCCC1. The third-order valence-electron chi connectivity index (χ3n) is 2.24. The number of hydrogen-bond acceptors (Lipinski definition) is 2. The van der Waals surface area contributed by atoms with Gasteiger partial charge in [0.2, 0.25) is 0 Å². The molecule has 1 saturated heterocycles. The maximum Gasteiger partial charge on any atom is 0.255 e. The van der Waals surface area contributed by atoms with E-state index in [-0.39, 0.29) is 5.91 Å². The van der Waals surface area contributed by atoms with Crippen molar-refractivity contribution in [3.63, 3.8) is 0 Å². The maximum absolute atomic E-state index is 11.8. The van der Waals surface area contributed by atoms with Gasteiger partial charge in [-0.2, -0.15) is 0 Å². The van der Waals surface area contributed by atoms with Gasteiger partial charge in [0.15, 0.2) is 0 Å². The van der Waals surface area contributed by atoms with Crippen LogP contribution in [0.2, 0.25) is 0 Å². The number of thiophene rings is 1. The summed E-state index contributed by atoms with van der Waals surface area (Å²) in [5.41, 5.74) is 0.812. The predicted molar refractivity (Wildman–Crippen MR) is 57.2 cm³/mol. The molecule has 2 heterocycles. The van der Waals surface area contributed by atoms with Crippen LogP contribution in [0.3, 0.4) is 0 Å². The molecule has 1 aliphatic heterocycles. The minimum absolute atomic E-state index is 0.172. The van der Waals surface area contributed by atoms with E-state index in [9.17, 15) is 4.79 Å². The molecule has 70 valence electrons.